The van der Waals surface area contributed by atoms with Gasteiger partial charge in [-0.25, -0.2) is 9.97 Å². The fourth-order valence-corrected chi connectivity index (χ4v) is 2.66. The summed E-state index contributed by atoms with van der Waals surface area (Å²) in [4.78, 5) is 10.7. The molecule has 0 aliphatic carbocycles. The topological polar surface area (TPSA) is 41.0 Å². The van der Waals surface area contributed by atoms with Gasteiger partial charge in [-0.1, -0.05) is 30.3 Å². The van der Waals surface area contributed by atoms with Crippen LogP contribution >= 0.6 is 0 Å². The van der Waals surface area contributed by atoms with Gasteiger partial charge in [0.05, 0.1) is 0 Å². The molecule has 0 amide bonds. The monoisotopic (exact) mass is 268 g/mol. The van der Waals surface area contributed by atoms with Crippen molar-refractivity contribution in [3.05, 3.63) is 54.5 Å². The van der Waals surface area contributed by atoms with Gasteiger partial charge in [0, 0.05) is 31.9 Å². The number of benzene rings is 1. The number of hydrogen-bond donors (Lipinski definition) is 1. The van der Waals surface area contributed by atoms with Crippen molar-refractivity contribution in [2.24, 2.45) is 0 Å². The molecule has 1 N–H and O–H groups in total. The van der Waals surface area contributed by atoms with Gasteiger partial charge in [0.25, 0.3) is 0 Å². The SMILES string of the molecule is c1ccc(CN2CCC(Nc3ccncn3)CC2)cc1. The second kappa shape index (κ2) is 6.48. The Kier molecular flexibility index (Phi) is 4.23. The fraction of sp³-hybridized carbons (Fsp3) is 0.375. The highest BCUT2D eigenvalue weighted by Crippen LogP contribution is 2.16. The molecular formula is C16H20N4. The Labute approximate surface area is 119 Å². The normalized spacial score (nSPS) is 17.0. The van der Waals surface area contributed by atoms with Gasteiger partial charge in [0.2, 0.25) is 0 Å². The maximum atomic E-state index is 4.22. The molecule has 2 heterocycles. The number of nitrogens with zero attached hydrogens (tertiary/aromatic N) is 3. The van der Waals surface area contributed by atoms with E-state index in [9.17, 15) is 0 Å². The van der Waals surface area contributed by atoms with Crippen LogP contribution in [0, 0.1) is 0 Å². The van der Waals surface area contributed by atoms with E-state index in [4.69, 9.17) is 0 Å². The van der Waals surface area contributed by atoms with Crippen LogP contribution in [0.1, 0.15) is 18.4 Å². The minimum atomic E-state index is 0.525. The average Bonchev–Trinajstić information content (AvgIpc) is 2.51. The van der Waals surface area contributed by atoms with Gasteiger partial charge in [0.15, 0.2) is 0 Å². The Bertz CT molecular complexity index is 457. The lowest BCUT2D eigenvalue weighted by Crippen LogP contribution is -2.38. The van der Waals surface area contributed by atoms with Crippen molar-refractivity contribution >= 4 is 5.82 Å². The number of likely N-dealkylation sites (tertiary alicyclic amines) is 1. The van der Waals surface area contributed by atoms with Crippen LogP contribution in [0.2, 0.25) is 0 Å². The predicted octanol–water partition coefficient (Wildman–Crippen LogP) is 2.55. The Morgan fingerprint density at radius 2 is 1.90 bits per heavy atom. The summed E-state index contributed by atoms with van der Waals surface area (Å²) in [6.45, 7) is 3.33. The summed E-state index contributed by atoms with van der Waals surface area (Å²) in [6.07, 6.45) is 5.69. The van der Waals surface area contributed by atoms with Crippen LogP contribution in [0.3, 0.4) is 0 Å². The maximum Gasteiger partial charge on any atom is 0.129 e. The third kappa shape index (κ3) is 3.54. The van der Waals surface area contributed by atoms with E-state index >= 15 is 0 Å². The summed E-state index contributed by atoms with van der Waals surface area (Å²) in [7, 11) is 0. The van der Waals surface area contributed by atoms with Crippen LogP contribution in [-0.4, -0.2) is 34.0 Å². The van der Waals surface area contributed by atoms with Gasteiger partial charge in [-0.3, -0.25) is 4.90 Å². The van der Waals surface area contributed by atoms with Crippen LogP contribution < -0.4 is 5.32 Å². The van der Waals surface area contributed by atoms with Crippen molar-refractivity contribution < 1.29 is 0 Å². The van der Waals surface area contributed by atoms with Crippen molar-refractivity contribution in [3.8, 4) is 0 Å². The predicted molar refractivity (Wildman–Crippen MR) is 80.4 cm³/mol. The number of piperidine rings is 1. The highest BCUT2D eigenvalue weighted by molar-refractivity contribution is 5.33. The summed E-state index contributed by atoms with van der Waals surface area (Å²) in [5, 5.41) is 3.49. The molecule has 1 aliphatic rings. The summed E-state index contributed by atoms with van der Waals surface area (Å²) < 4.78 is 0. The Morgan fingerprint density at radius 3 is 2.60 bits per heavy atom. The number of nitrogens with one attached hydrogen (secondary N) is 1. The molecule has 3 rings (SSSR count). The first-order valence-electron chi connectivity index (χ1n) is 7.19. The molecule has 1 aliphatic heterocycles. The van der Waals surface area contributed by atoms with E-state index in [0.29, 0.717) is 6.04 Å². The van der Waals surface area contributed by atoms with E-state index in [2.05, 4.69) is 50.5 Å². The van der Waals surface area contributed by atoms with Gasteiger partial charge >= 0.3 is 0 Å². The Hall–Kier alpha value is -1.94. The smallest absolute Gasteiger partial charge is 0.129 e. The Morgan fingerprint density at radius 1 is 1.10 bits per heavy atom. The molecule has 0 spiro atoms. The molecule has 4 nitrogen and oxygen atoms in total. The standard InChI is InChI=1S/C16H20N4/c1-2-4-14(5-3-1)12-20-10-7-15(8-11-20)19-16-6-9-17-13-18-16/h1-6,9,13,15H,7-8,10-12H2,(H,17,18,19). The minimum absolute atomic E-state index is 0.525. The van der Waals surface area contributed by atoms with E-state index < -0.39 is 0 Å². The summed E-state index contributed by atoms with van der Waals surface area (Å²) in [5.74, 6) is 0.932. The van der Waals surface area contributed by atoms with Crippen LogP contribution in [-0.2, 0) is 6.54 Å². The lowest BCUT2D eigenvalue weighted by molar-refractivity contribution is 0.211. The van der Waals surface area contributed by atoms with Crippen molar-refractivity contribution in [2.75, 3.05) is 18.4 Å². The average molecular weight is 268 g/mol. The summed E-state index contributed by atoms with van der Waals surface area (Å²) in [5.41, 5.74) is 1.40. The first-order chi connectivity index (χ1) is 9.90. The summed E-state index contributed by atoms with van der Waals surface area (Å²) >= 11 is 0. The van der Waals surface area contributed by atoms with Gasteiger partial charge < -0.3 is 5.32 Å². The third-order valence-electron chi connectivity index (χ3n) is 3.77. The van der Waals surface area contributed by atoms with E-state index in [-0.39, 0.29) is 0 Å². The number of aromatic nitrogens is 2. The van der Waals surface area contributed by atoms with Crippen molar-refractivity contribution in [3.63, 3.8) is 0 Å². The molecule has 0 bridgehead atoms. The van der Waals surface area contributed by atoms with Crippen LogP contribution in [0.5, 0.6) is 0 Å². The fourth-order valence-electron chi connectivity index (χ4n) is 2.66. The number of anilines is 1. The van der Waals surface area contributed by atoms with Crippen LogP contribution in [0.15, 0.2) is 48.9 Å². The lowest BCUT2D eigenvalue weighted by Gasteiger charge is -2.32. The number of hydrogen-bond acceptors (Lipinski definition) is 4. The molecular weight excluding hydrogens is 248 g/mol. The van der Waals surface area contributed by atoms with Crippen molar-refractivity contribution in [2.45, 2.75) is 25.4 Å². The second-order valence-electron chi connectivity index (χ2n) is 5.27. The lowest BCUT2D eigenvalue weighted by atomic mass is 10.0. The van der Waals surface area contributed by atoms with Crippen molar-refractivity contribution in [1.29, 1.82) is 0 Å². The zero-order chi connectivity index (χ0) is 13.6. The van der Waals surface area contributed by atoms with Gasteiger partial charge in [-0.05, 0) is 24.5 Å². The van der Waals surface area contributed by atoms with Crippen molar-refractivity contribution in [1.82, 2.24) is 14.9 Å². The molecule has 1 fully saturated rings. The molecule has 1 saturated heterocycles. The van der Waals surface area contributed by atoms with Crippen LogP contribution in [0.4, 0.5) is 5.82 Å². The summed E-state index contributed by atoms with van der Waals surface area (Å²) in [6, 6.07) is 13.1. The minimum Gasteiger partial charge on any atom is -0.367 e. The van der Waals surface area contributed by atoms with Gasteiger partial charge in [-0.15, -0.1) is 0 Å². The first kappa shape index (κ1) is 13.1. The zero-order valence-corrected chi connectivity index (χ0v) is 11.6. The molecule has 104 valence electrons. The molecule has 0 atom stereocenters. The van der Waals surface area contributed by atoms with E-state index in [1.807, 2.05) is 6.07 Å². The van der Waals surface area contributed by atoms with Gasteiger partial charge in [0.1, 0.15) is 12.1 Å². The molecule has 20 heavy (non-hydrogen) atoms. The number of rotatable bonds is 4. The molecule has 4 heteroatoms. The molecule has 0 unspecified atom stereocenters. The second-order valence-corrected chi connectivity index (χ2v) is 5.27. The third-order valence-corrected chi connectivity index (χ3v) is 3.77. The highest BCUT2D eigenvalue weighted by Gasteiger charge is 2.19. The molecule has 1 aromatic carbocycles. The Balaban J connectivity index is 1.47. The molecule has 2 aromatic rings. The first-order valence-corrected chi connectivity index (χ1v) is 7.19. The van der Waals surface area contributed by atoms with Crippen LogP contribution in [0.25, 0.3) is 0 Å². The van der Waals surface area contributed by atoms with E-state index in [1.165, 1.54) is 5.56 Å². The quantitative estimate of drug-likeness (QED) is 0.925. The molecule has 0 radical (unpaired) electrons. The van der Waals surface area contributed by atoms with Gasteiger partial charge in [-0.2, -0.15) is 0 Å². The highest BCUT2D eigenvalue weighted by atomic mass is 15.1. The zero-order valence-electron chi connectivity index (χ0n) is 11.6. The molecule has 0 saturated carbocycles. The van der Waals surface area contributed by atoms with E-state index in [1.54, 1.807) is 12.5 Å². The maximum absolute atomic E-state index is 4.22. The molecule has 1 aromatic heterocycles. The largest absolute Gasteiger partial charge is 0.367 e. The van der Waals surface area contributed by atoms with E-state index in [0.717, 1.165) is 38.3 Å².